The summed E-state index contributed by atoms with van der Waals surface area (Å²) in [5.74, 6) is 0. The predicted molar refractivity (Wildman–Crippen MR) is 88.6 cm³/mol. The summed E-state index contributed by atoms with van der Waals surface area (Å²) in [6.07, 6.45) is 4.61. The van der Waals surface area contributed by atoms with Crippen LogP contribution in [0.5, 0.6) is 0 Å². The maximum absolute atomic E-state index is 12.3. The van der Waals surface area contributed by atoms with Gasteiger partial charge in [-0.1, -0.05) is 12.8 Å². The van der Waals surface area contributed by atoms with Crippen molar-refractivity contribution in [3.05, 3.63) is 0 Å². The summed E-state index contributed by atoms with van der Waals surface area (Å²) in [5, 5.41) is 3.67. The molecule has 134 valence electrons. The molecule has 2 rings (SSSR count). The summed E-state index contributed by atoms with van der Waals surface area (Å²) < 4.78 is 16.7. The van der Waals surface area contributed by atoms with Gasteiger partial charge in [-0.25, -0.2) is 4.79 Å². The van der Waals surface area contributed by atoms with Gasteiger partial charge < -0.3 is 24.4 Å². The lowest BCUT2D eigenvalue weighted by molar-refractivity contribution is 0.0235. The van der Waals surface area contributed by atoms with Gasteiger partial charge in [-0.2, -0.15) is 0 Å². The maximum Gasteiger partial charge on any atom is 0.410 e. The maximum atomic E-state index is 12.3. The standard InChI is InChI=1S/C17H32N2O4/c1-17(2,3)23-16(20)19-10-13(15(11-19)22-5)18-12-8-6-7-9-14(12)21-4/h12-15,18H,6-11H2,1-5H3/t12?,13?,14?,15-/m0/s1. The Morgan fingerprint density at radius 3 is 2.26 bits per heavy atom. The number of ether oxygens (including phenoxy) is 3. The average Bonchev–Trinajstić information content (AvgIpc) is 2.89. The summed E-state index contributed by atoms with van der Waals surface area (Å²) >= 11 is 0. The van der Waals surface area contributed by atoms with E-state index in [0.29, 0.717) is 19.1 Å². The normalized spacial score (nSPS) is 32.1. The van der Waals surface area contributed by atoms with Crippen LogP contribution in [0.3, 0.4) is 0 Å². The minimum atomic E-state index is -0.477. The number of hydrogen-bond donors (Lipinski definition) is 1. The van der Waals surface area contributed by atoms with Crippen molar-refractivity contribution in [3.63, 3.8) is 0 Å². The first-order chi connectivity index (χ1) is 10.8. The van der Waals surface area contributed by atoms with Crippen LogP contribution in [0, 0.1) is 0 Å². The molecule has 0 radical (unpaired) electrons. The van der Waals surface area contributed by atoms with Gasteiger partial charge in [-0.15, -0.1) is 0 Å². The highest BCUT2D eigenvalue weighted by molar-refractivity contribution is 5.68. The minimum absolute atomic E-state index is 0.0121. The van der Waals surface area contributed by atoms with E-state index in [1.807, 2.05) is 20.8 Å². The Morgan fingerprint density at radius 1 is 1.00 bits per heavy atom. The molecule has 1 N–H and O–H groups in total. The molecule has 0 aromatic rings. The van der Waals surface area contributed by atoms with Crippen LogP contribution < -0.4 is 5.32 Å². The third-order valence-electron chi connectivity index (χ3n) is 4.65. The number of hydrogen-bond acceptors (Lipinski definition) is 5. The SMILES string of the molecule is COC1CCCCC1NC1CN(C(=O)OC(C)(C)C)C[C@@H]1OC. The molecule has 3 unspecified atom stereocenters. The van der Waals surface area contributed by atoms with Crippen LogP contribution in [0.15, 0.2) is 0 Å². The number of carbonyl (C=O) groups is 1. The Kier molecular flexibility index (Phi) is 6.28. The molecule has 1 amide bonds. The van der Waals surface area contributed by atoms with Crippen molar-refractivity contribution >= 4 is 6.09 Å². The number of rotatable bonds is 4. The molecule has 23 heavy (non-hydrogen) atoms. The van der Waals surface area contributed by atoms with E-state index in [9.17, 15) is 4.79 Å². The molecule has 6 heteroatoms. The van der Waals surface area contributed by atoms with Crippen LogP contribution in [0.2, 0.25) is 0 Å². The summed E-state index contributed by atoms with van der Waals surface area (Å²) in [6.45, 7) is 6.83. The lowest BCUT2D eigenvalue weighted by Gasteiger charge is -2.34. The van der Waals surface area contributed by atoms with E-state index in [2.05, 4.69) is 5.32 Å². The third kappa shape index (κ3) is 5.06. The molecule has 2 fully saturated rings. The molecule has 1 saturated carbocycles. The van der Waals surface area contributed by atoms with Crippen molar-refractivity contribution in [1.82, 2.24) is 10.2 Å². The van der Waals surface area contributed by atoms with Gasteiger partial charge in [0.25, 0.3) is 0 Å². The number of amides is 1. The van der Waals surface area contributed by atoms with Gasteiger partial charge in [0.15, 0.2) is 0 Å². The second-order valence-corrected chi connectivity index (χ2v) is 7.60. The van der Waals surface area contributed by atoms with Crippen LogP contribution in [0.1, 0.15) is 46.5 Å². The van der Waals surface area contributed by atoms with Crippen LogP contribution in [-0.2, 0) is 14.2 Å². The van der Waals surface area contributed by atoms with E-state index in [0.717, 1.165) is 12.8 Å². The molecule has 1 heterocycles. The fraction of sp³-hybridized carbons (Fsp3) is 0.941. The van der Waals surface area contributed by atoms with E-state index in [-0.39, 0.29) is 24.3 Å². The van der Waals surface area contributed by atoms with Crippen LogP contribution in [0.25, 0.3) is 0 Å². The topological polar surface area (TPSA) is 60.0 Å². The van der Waals surface area contributed by atoms with Crippen LogP contribution in [0.4, 0.5) is 4.79 Å². The molecule has 0 aromatic carbocycles. The van der Waals surface area contributed by atoms with Crippen molar-refractivity contribution in [2.24, 2.45) is 0 Å². The monoisotopic (exact) mass is 328 g/mol. The number of methoxy groups -OCH3 is 2. The fourth-order valence-corrected chi connectivity index (χ4v) is 3.49. The van der Waals surface area contributed by atoms with E-state index < -0.39 is 5.60 Å². The molecule has 0 spiro atoms. The highest BCUT2D eigenvalue weighted by Gasteiger charge is 2.39. The Morgan fingerprint density at radius 2 is 1.65 bits per heavy atom. The zero-order chi connectivity index (χ0) is 17.0. The van der Waals surface area contributed by atoms with Crippen molar-refractivity contribution in [2.75, 3.05) is 27.3 Å². The quantitative estimate of drug-likeness (QED) is 0.857. The van der Waals surface area contributed by atoms with Crippen LogP contribution in [-0.4, -0.2) is 68.2 Å². The molecule has 0 aromatic heterocycles. The second kappa shape index (κ2) is 7.81. The summed E-state index contributed by atoms with van der Waals surface area (Å²) in [7, 11) is 3.48. The molecule has 1 aliphatic carbocycles. The molecule has 1 aliphatic heterocycles. The average molecular weight is 328 g/mol. The van der Waals surface area contributed by atoms with Gasteiger partial charge in [-0.05, 0) is 33.6 Å². The Bertz CT molecular complexity index is 397. The second-order valence-electron chi connectivity index (χ2n) is 7.60. The van der Waals surface area contributed by atoms with Gasteiger partial charge in [0.05, 0.1) is 24.8 Å². The fourth-order valence-electron chi connectivity index (χ4n) is 3.49. The van der Waals surface area contributed by atoms with Crippen molar-refractivity contribution in [1.29, 1.82) is 0 Å². The van der Waals surface area contributed by atoms with E-state index in [4.69, 9.17) is 14.2 Å². The number of nitrogens with one attached hydrogen (secondary N) is 1. The van der Waals surface area contributed by atoms with E-state index in [1.165, 1.54) is 12.8 Å². The van der Waals surface area contributed by atoms with E-state index in [1.54, 1.807) is 19.1 Å². The Balaban J connectivity index is 1.94. The Labute approximate surface area is 139 Å². The van der Waals surface area contributed by atoms with Crippen LogP contribution >= 0.6 is 0 Å². The first-order valence-corrected chi connectivity index (χ1v) is 8.63. The van der Waals surface area contributed by atoms with Gasteiger partial charge in [0, 0.05) is 26.8 Å². The molecular weight excluding hydrogens is 296 g/mol. The minimum Gasteiger partial charge on any atom is -0.444 e. The van der Waals surface area contributed by atoms with E-state index >= 15 is 0 Å². The highest BCUT2D eigenvalue weighted by atomic mass is 16.6. The lowest BCUT2D eigenvalue weighted by Crippen LogP contribution is -2.52. The molecule has 4 atom stereocenters. The van der Waals surface area contributed by atoms with Gasteiger partial charge in [0.1, 0.15) is 5.60 Å². The molecular formula is C17H32N2O4. The van der Waals surface area contributed by atoms with Crippen molar-refractivity contribution in [3.8, 4) is 0 Å². The molecule has 6 nitrogen and oxygen atoms in total. The summed E-state index contributed by atoms with van der Waals surface area (Å²) in [4.78, 5) is 14.0. The van der Waals surface area contributed by atoms with Gasteiger partial charge in [0.2, 0.25) is 0 Å². The summed E-state index contributed by atoms with van der Waals surface area (Å²) in [6, 6.07) is 0.447. The third-order valence-corrected chi connectivity index (χ3v) is 4.65. The molecule has 0 bridgehead atoms. The number of likely N-dealkylation sites (tertiary alicyclic amines) is 1. The lowest BCUT2D eigenvalue weighted by atomic mass is 9.91. The van der Waals surface area contributed by atoms with Gasteiger partial charge in [-0.3, -0.25) is 0 Å². The largest absolute Gasteiger partial charge is 0.444 e. The molecule has 2 aliphatic rings. The zero-order valence-corrected chi connectivity index (χ0v) is 15.1. The number of carbonyl (C=O) groups excluding carboxylic acids is 1. The van der Waals surface area contributed by atoms with Gasteiger partial charge >= 0.3 is 6.09 Å². The first-order valence-electron chi connectivity index (χ1n) is 8.63. The van der Waals surface area contributed by atoms with Crippen molar-refractivity contribution in [2.45, 2.75) is 76.3 Å². The predicted octanol–water partition coefficient (Wildman–Crippen LogP) is 2.17. The summed E-state index contributed by atoms with van der Waals surface area (Å²) in [5.41, 5.74) is -0.477. The number of nitrogens with zero attached hydrogens (tertiary/aromatic N) is 1. The molecule has 1 saturated heterocycles. The highest BCUT2D eigenvalue weighted by Crippen LogP contribution is 2.24. The Hall–Kier alpha value is -0.850. The zero-order valence-electron chi connectivity index (χ0n) is 15.1. The first kappa shape index (κ1) is 18.5. The van der Waals surface area contributed by atoms with Crippen molar-refractivity contribution < 1.29 is 19.0 Å². The smallest absolute Gasteiger partial charge is 0.410 e.